The van der Waals surface area contributed by atoms with Gasteiger partial charge in [-0.2, -0.15) is 5.10 Å². The van der Waals surface area contributed by atoms with Crippen LogP contribution in [0.3, 0.4) is 0 Å². The van der Waals surface area contributed by atoms with Crippen LogP contribution in [-0.4, -0.2) is 26.6 Å². The van der Waals surface area contributed by atoms with E-state index in [2.05, 4.69) is 12.0 Å². The van der Waals surface area contributed by atoms with E-state index in [0.29, 0.717) is 0 Å². The number of carboxylic acid groups (broad SMARTS) is 1. The van der Waals surface area contributed by atoms with Crippen LogP contribution in [0.1, 0.15) is 38.9 Å². The summed E-state index contributed by atoms with van der Waals surface area (Å²) >= 11 is 1.33. The van der Waals surface area contributed by atoms with Crippen molar-refractivity contribution in [2.24, 2.45) is 0 Å². The van der Waals surface area contributed by atoms with Gasteiger partial charge in [-0.05, 0) is 26.3 Å². The summed E-state index contributed by atoms with van der Waals surface area (Å²) in [7, 11) is 0. The van der Waals surface area contributed by atoms with E-state index >= 15 is 0 Å². The maximum atomic E-state index is 10.5. The molecule has 16 heavy (non-hydrogen) atoms. The Bertz CT molecular complexity index is 361. The van der Waals surface area contributed by atoms with Crippen molar-refractivity contribution >= 4 is 17.7 Å². The SMILES string of the molecule is CCCc1cc(SCC(=O)O)n(C(C)C)n1. The molecule has 0 aliphatic carbocycles. The minimum Gasteiger partial charge on any atom is -0.481 e. The molecule has 0 saturated heterocycles. The summed E-state index contributed by atoms with van der Waals surface area (Å²) in [4.78, 5) is 10.5. The van der Waals surface area contributed by atoms with Crippen molar-refractivity contribution in [3.05, 3.63) is 11.8 Å². The number of aromatic nitrogens is 2. The minimum absolute atomic E-state index is 0.0873. The second-order valence-corrected chi connectivity index (χ2v) is 4.94. The van der Waals surface area contributed by atoms with Crippen LogP contribution in [0.25, 0.3) is 0 Å². The molecule has 0 unspecified atom stereocenters. The van der Waals surface area contributed by atoms with E-state index in [1.54, 1.807) is 0 Å². The fourth-order valence-electron chi connectivity index (χ4n) is 1.42. The Hall–Kier alpha value is -0.970. The van der Waals surface area contributed by atoms with Crippen molar-refractivity contribution in [1.29, 1.82) is 0 Å². The van der Waals surface area contributed by atoms with E-state index in [-0.39, 0.29) is 11.8 Å². The number of carbonyl (C=O) groups is 1. The number of thioether (sulfide) groups is 1. The van der Waals surface area contributed by atoms with E-state index in [1.807, 2.05) is 24.6 Å². The number of rotatable bonds is 6. The van der Waals surface area contributed by atoms with E-state index < -0.39 is 5.97 Å². The van der Waals surface area contributed by atoms with Gasteiger partial charge in [0.1, 0.15) is 0 Å². The van der Waals surface area contributed by atoms with Crippen LogP contribution in [0.5, 0.6) is 0 Å². The summed E-state index contributed by atoms with van der Waals surface area (Å²) in [6.45, 7) is 6.21. The summed E-state index contributed by atoms with van der Waals surface area (Å²) in [6.07, 6.45) is 2.00. The van der Waals surface area contributed by atoms with Crippen LogP contribution in [0.4, 0.5) is 0 Å². The summed E-state index contributed by atoms with van der Waals surface area (Å²) in [5, 5.41) is 14.1. The van der Waals surface area contributed by atoms with Crippen molar-refractivity contribution in [2.75, 3.05) is 5.75 Å². The molecule has 5 heteroatoms. The molecule has 0 aliphatic heterocycles. The highest BCUT2D eigenvalue weighted by Gasteiger charge is 2.11. The van der Waals surface area contributed by atoms with Gasteiger partial charge in [0.2, 0.25) is 0 Å². The lowest BCUT2D eigenvalue weighted by Crippen LogP contribution is -2.06. The fraction of sp³-hybridized carbons (Fsp3) is 0.636. The normalized spacial score (nSPS) is 11.0. The van der Waals surface area contributed by atoms with E-state index in [1.165, 1.54) is 11.8 Å². The molecule has 90 valence electrons. The van der Waals surface area contributed by atoms with E-state index in [4.69, 9.17) is 5.11 Å². The van der Waals surface area contributed by atoms with Crippen molar-refractivity contribution in [1.82, 2.24) is 9.78 Å². The highest BCUT2D eigenvalue weighted by molar-refractivity contribution is 7.99. The summed E-state index contributed by atoms with van der Waals surface area (Å²) in [6, 6.07) is 2.26. The van der Waals surface area contributed by atoms with E-state index in [0.717, 1.165) is 23.6 Å². The van der Waals surface area contributed by atoms with Gasteiger partial charge in [-0.15, -0.1) is 0 Å². The monoisotopic (exact) mass is 242 g/mol. The van der Waals surface area contributed by atoms with Gasteiger partial charge in [0, 0.05) is 6.04 Å². The lowest BCUT2D eigenvalue weighted by atomic mass is 10.3. The Morgan fingerprint density at radius 2 is 2.31 bits per heavy atom. The molecule has 1 aromatic rings. The van der Waals surface area contributed by atoms with Crippen molar-refractivity contribution in [3.8, 4) is 0 Å². The average Bonchev–Trinajstić information content (AvgIpc) is 2.59. The maximum absolute atomic E-state index is 10.5. The highest BCUT2D eigenvalue weighted by atomic mass is 32.2. The number of aliphatic carboxylic acids is 1. The first-order valence-electron chi connectivity index (χ1n) is 5.47. The summed E-state index contributed by atoms with van der Waals surface area (Å²) in [5.41, 5.74) is 1.05. The van der Waals surface area contributed by atoms with Crippen molar-refractivity contribution in [3.63, 3.8) is 0 Å². The first-order chi connectivity index (χ1) is 7.54. The predicted molar refractivity (Wildman–Crippen MR) is 65.0 cm³/mol. The van der Waals surface area contributed by atoms with E-state index in [9.17, 15) is 4.79 Å². The van der Waals surface area contributed by atoms with Crippen LogP contribution in [0.15, 0.2) is 11.1 Å². The zero-order chi connectivity index (χ0) is 12.1. The molecule has 0 bridgehead atoms. The standard InChI is InChI=1S/C11H18N2O2S/c1-4-5-9-6-10(16-7-11(14)15)13(12-9)8(2)3/h6,8H,4-5,7H2,1-3H3,(H,14,15). The Labute approximate surface area is 100 Å². The molecule has 1 heterocycles. The van der Waals surface area contributed by atoms with Crippen LogP contribution < -0.4 is 0 Å². The number of carboxylic acids is 1. The zero-order valence-electron chi connectivity index (χ0n) is 9.93. The van der Waals surface area contributed by atoms with Gasteiger partial charge in [0.15, 0.2) is 0 Å². The molecular formula is C11H18N2O2S. The Balaban J connectivity index is 2.82. The number of aryl methyl sites for hydroxylation is 1. The predicted octanol–water partition coefficient (Wildman–Crippen LogP) is 2.59. The zero-order valence-corrected chi connectivity index (χ0v) is 10.8. The van der Waals surface area contributed by atoms with Crippen LogP contribution in [0.2, 0.25) is 0 Å². The molecule has 4 nitrogen and oxygen atoms in total. The molecular weight excluding hydrogens is 224 g/mol. The Kier molecular flexibility index (Phi) is 4.86. The largest absolute Gasteiger partial charge is 0.481 e. The molecule has 1 rings (SSSR count). The van der Waals surface area contributed by atoms with Gasteiger partial charge in [0.05, 0.1) is 16.5 Å². The third-order valence-electron chi connectivity index (χ3n) is 2.09. The lowest BCUT2D eigenvalue weighted by Gasteiger charge is -2.09. The third kappa shape index (κ3) is 3.56. The van der Waals surface area contributed by atoms with Crippen molar-refractivity contribution in [2.45, 2.75) is 44.7 Å². The number of hydrogen-bond donors (Lipinski definition) is 1. The first kappa shape index (κ1) is 13.1. The summed E-state index contributed by atoms with van der Waals surface area (Å²) < 4.78 is 1.90. The molecule has 0 radical (unpaired) electrons. The van der Waals surface area contributed by atoms with Crippen molar-refractivity contribution < 1.29 is 9.90 Å². The average molecular weight is 242 g/mol. The molecule has 0 fully saturated rings. The Morgan fingerprint density at radius 3 is 2.81 bits per heavy atom. The van der Waals surface area contributed by atoms with Gasteiger partial charge >= 0.3 is 5.97 Å². The van der Waals surface area contributed by atoms with Gasteiger partial charge in [-0.1, -0.05) is 25.1 Å². The van der Waals surface area contributed by atoms with Gasteiger partial charge in [0.25, 0.3) is 0 Å². The van der Waals surface area contributed by atoms with Gasteiger partial charge < -0.3 is 5.11 Å². The van der Waals surface area contributed by atoms with Gasteiger partial charge in [-0.25, -0.2) is 0 Å². The second-order valence-electron chi connectivity index (χ2n) is 3.94. The molecule has 0 aromatic carbocycles. The Morgan fingerprint density at radius 1 is 1.62 bits per heavy atom. The molecule has 1 aromatic heterocycles. The summed E-state index contributed by atoms with van der Waals surface area (Å²) in [5.74, 6) is -0.706. The third-order valence-corrected chi connectivity index (χ3v) is 3.08. The molecule has 0 spiro atoms. The molecule has 0 aliphatic rings. The van der Waals surface area contributed by atoms with Crippen LogP contribution >= 0.6 is 11.8 Å². The van der Waals surface area contributed by atoms with Crippen LogP contribution in [-0.2, 0) is 11.2 Å². The molecule has 1 N–H and O–H groups in total. The lowest BCUT2D eigenvalue weighted by molar-refractivity contribution is -0.133. The smallest absolute Gasteiger partial charge is 0.313 e. The highest BCUT2D eigenvalue weighted by Crippen LogP contribution is 2.23. The maximum Gasteiger partial charge on any atom is 0.313 e. The van der Waals surface area contributed by atoms with Crippen LogP contribution in [0, 0.1) is 0 Å². The number of hydrogen-bond acceptors (Lipinski definition) is 3. The van der Waals surface area contributed by atoms with Gasteiger partial charge in [-0.3, -0.25) is 9.48 Å². The first-order valence-corrected chi connectivity index (χ1v) is 6.46. The topological polar surface area (TPSA) is 55.1 Å². The molecule has 0 amide bonds. The fourth-order valence-corrected chi connectivity index (χ4v) is 2.29. The molecule has 0 saturated carbocycles. The second kappa shape index (κ2) is 5.94. The number of nitrogens with zero attached hydrogens (tertiary/aromatic N) is 2. The quantitative estimate of drug-likeness (QED) is 0.779. The minimum atomic E-state index is -0.793. The molecule has 0 atom stereocenters.